The second-order valence-electron chi connectivity index (χ2n) is 3.00. The molecule has 0 saturated heterocycles. The highest BCUT2D eigenvalue weighted by Gasteiger charge is 2.12. The molecule has 1 aromatic rings. The minimum absolute atomic E-state index is 0.0775. The molecule has 0 atom stereocenters. The Labute approximate surface area is 109 Å². The molecule has 0 aliphatic carbocycles. The minimum Gasteiger partial charge on any atom is -0.210 e. The molecule has 17 heavy (non-hydrogen) atoms. The Morgan fingerprint density at radius 3 is 2.47 bits per heavy atom. The maximum absolute atomic E-state index is 12.6. The molecule has 0 aliphatic heterocycles. The maximum atomic E-state index is 12.6. The quantitative estimate of drug-likeness (QED) is 0.619. The zero-order chi connectivity index (χ0) is 12.7. The first-order valence-corrected chi connectivity index (χ1v) is 8.82. The number of hydrogen-bond acceptors (Lipinski definition) is 4. The van der Waals surface area contributed by atoms with E-state index in [9.17, 15) is 12.8 Å². The van der Waals surface area contributed by atoms with Crippen LogP contribution in [-0.2, 0) is 10.0 Å². The molecule has 0 bridgehead atoms. The van der Waals surface area contributed by atoms with Crippen molar-refractivity contribution in [2.24, 2.45) is 0 Å². The summed E-state index contributed by atoms with van der Waals surface area (Å²) in [6.45, 7) is 4.00. The average Bonchev–Trinajstić information content (AvgIpc) is 2.29. The van der Waals surface area contributed by atoms with E-state index in [2.05, 4.69) is 11.6 Å². The second-order valence-corrected chi connectivity index (χ2v) is 7.46. The summed E-state index contributed by atoms with van der Waals surface area (Å²) in [7, 11) is -0.383. The lowest BCUT2D eigenvalue weighted by atomic mass is 10.4. The number of hydrogen-bond donors (Lipinski definition) is 1. The van der Waals surface area contributed by atoms with Crippen molar-refractivity contribution in [3.8, 4) is 0 Å². The highest BCUT2D eigenvalue weighted by Crippen LogP contribution is 2.19. The fourth-order valence-corrected chi connectivity index (χ4v) is 3.57. The number of rotatable bonds is 7. The number of halogens is 1. The van der Waals surface area contributed by atoms with E-state index in [1.165, 1.54) is 12.1 Å². The highest BCUT2D eigenvalue weighted by atomic mass is 33.1. The maximum Gasteiger partial charge on any atom is 0.240 e. The van der Waals surface area contributed by atoms with Crippen LogP contribution in [0.4, 0.5) is 4.39 Å². The van der Waals surface area contributed by atoms with Gasteiger partial charge in [-0.1, -0.05) is 21.6 Å². The monoisotopic (exact) mass is 294 g/mol. The number of nitrogens with one attached hydrogen (secondary N) is 1. The lowest BCUT2D eigenvalue weighted by Crippen LogP contribution is -2.25. The van der Waals surface area contributed by atoms with Crippen LogP contribution in [0.5, 0.6) is 0 Å². The van der Waals surface area contributed by atoms with Crippen molar-refractivity contribution in [2.75, 3.05) is 18.1 Å². The third kappa shape index (κ3) is 5.29. The van der Waals surface area contributed by atoms with Crippen LogP contribution in [0.1, 0.15) is 0 Å². The lowest BCUT2D eigenvalue weighted by Gasteiger charge is -2.05. The molecule has 7 heteroatoms. The van der Waals surface area contributed by atoms with Crippen molar-refractivity contribution < 1.29 is 12.8 Å². The van der Waals surface area contributed by atoms with Crippen LogP contribution in [-0.4, -0.2) is 26.5 Å². The number of sulfonamides is 1. The molecule has 0 heterocycles. The molecular formula is C10H13FNO2S3. The summed E-state index contributed by atoms with van der Waals surface area (Å²) in [5.41, 5.74) is 0. The molecule has 0 saturated carbocycles. The summed E-state index contributed by atoms with van der Waals surface area (Å²) < 4.78 is 38.5. The Morgan fingerprint density at radius 2 is 1.88 bits per heavy atom. The first-order chi connectivity index (χ1) is 8.06. The second kappa shape index (κ2) is 7.25. The van der Waals surface area contributed by atoms with Gasteiger partial charge in [0, 0.05) is 18.1 Å². The van der Waals surface area contributed by atoms with E-state index in [0.717, 1.165) is 17.9 Å². The van der Waals surface area contributed by atoms with Gasteiger partial charge >= 0.3 is 0 Å². The molecule has 0 amide bonds. The van der Waals surface area contributed by atoms with Gasteiger partial charge in [-0.2, -0.15) is 0 Å². The Balaban J connectivity index is 2.48. The van der Waals surface area contributed by atoms with Crippen molar-refractivity contribution in [1.82, 2.24) is 4.72 Å². The van der Waals surface area contributed by atoms with E-state index in [0.29, 0.717) is 12.3 Å². The van der Waals surface area contributed by atoms with Crippen molar-refractivity contribution in [2.45, 2.75) is 4.90 Å². The van der Waals surface area contributed by atoms with E-state index < -0.39 is 15.8 Å². The first kappa shape index (κ1) is 14.8. The van der Waals surface area contributed by atoms with Crippen LogP contribution in [0, 0.1) is 12.7 Å². The zero-order valence-electron chi connectivity index (χ0n) is 9.06. The summed E-state index contributed by atoms with van der Waals surface area (Å²) in [6.07, 6.45) is 0. The van der Waals surface area contributed by atoms with Gasteiger partial charge in [0.15, 0.2) is 0 Å². The fourth-order valence-electron chi connectivity index (χ4n) is 1.03. The minimum atomic E-state index is -3.52. The summed E-state index contributed by atoms with van der Waals surface area (Å²) >= 11 is 0. The summed E-state index contributed by atoms with van der Waals surface area (Å²) in [6, 6.07) is 4.74. The standard InChI is InChI=1S/C10H13FNO2S3/c1-2-15-16-8-7-12-17(13,14)10-5-3-9(11)4-6-10/h3-6,12H,1-2,7-8H2. The molecule has 95 valence electrons. The summed E-state index contributed by atoms with van der Waals surface area (Å²) in [5.74, 6) is 0.960. The SMILES string of the molecule is [CH2]CSSCCNS(=O)(=O)c1ccc(F)cc1. The predicted molar refractivity (Wildman–Crippen MR) is 71.9 cm³/mol. The van der Waals surface area contributed by atoms with Crippen LogP contribution >= 0.6 is 21.6 Å². The predicted octanol–water partition coefficient (Wildman–Crippen LogP) is 2.32. The van der Waals surface area contributed by atoms with Crippen molar-refractivity contribution in [3.05, 3.63) is 37.0 Å². The molecule has 0 unspecified atom stereocenters. The Kier molecular flexibility index (Phi) is 6.32. The van der Waals surface area contributed by atoms with Gasteiger partial charge in [-0.05, 0) is 31.2 Å². The van der Waals surface area contributed by atoms with E-state index in [4.69, 9.17) is 0 Å². The Morgan fingerprint density at radius 1 is 1.24 bits per heavy atom. The van der Waals surface area contributed by atoms with Crippen LogP contribution in [0.15, 0.2) is 29.2 Å². The average molecular weight is 294 g/mol. The van der Waals surface area contributed by atoms with Crippen molar-refractivity contribution in [3.63, 3.8) is 0 Å². The van der Waals surface area contributed by atoms with Gasteiger partial charge in [-0.15, -0.1) is 0 Å². The molecule has 0 spiro atoms. The normalized spacial score (nSPS) is 11.6. The molecule has 1 radical (unpaired) electrons. The van der Waals surface area contributed by atoms with E-state index in [1.807, 2.05) is 0 Å². The third-order valence-corrected chi connectivity index (χ3v) is 5.45. The highest BCUT2D eigenvalue weighted by molar-refractivity contribution is 8.76. The molecule has 1 aromatic carbocycles. The van der Waals surface area contributed by atoms with Gasteiger partial charge in [-0.25, -0.2) is 17.5 Å². The molecular weight excluding hydrogens is 281 g/mol. The van der Waals surface area contributed by atoms with E-state index in [1.54, 1.807) is 21.6 Å². The van der Waals surface area contributed by atoms with Crippen LogP contribution < -0.4 is 4.72 Å². The largest absolute Gasteiger partial charge is 0.240 e. The van der Waals surface area contributed by atoms with Gasteiger partial charge in [0.05, 0.1) is 4.90 Å². The van der Waals surface area contributed by atoms with E-state index in [-0.39, 0.29) is 4.90 Å². The van der Waals surface area contributed by atoms with Crippen molar-refractivity contribution in [1.29, 1.82) is 0 Å². The van der Waals surface area contributed by atoms with Crippen LogP contribution in [0.3, 0.4) is 0 Å². The molecule has 3 nitrogen and oxygen atoms in total. The third-order valence-electron chi connectivity index (χ3n) is 1.77. The molecule has 1 rings (SSSR count). The fraction of sp³-hybridized carbons (Fsp3) is 0.300. The van der Waals surface area contributed by atoms with Gasteiger partial charge < -0.3 is 0 Å². The lowest BCUT2D eigenvalue weighted by molar-refractivity contribution is 0.583. The molecule has 0 fully saturated rings. The van der Waals surface area contributed by atoms with Crippen molar-refractivity contribution >= 4 is 31.6 Å². The first-order valence-electron chi connectivity index (χ1n) is 4.85. The molecule has 0 aliphatic rings. The molecule has 1 N–H and O–H groups in total. The summed E-state index contributed by atoms with van der Waals surface area (Å²) in [5, 5.41) is 0. The van der Waals surface area contributed by atoms with Gasteiger partial charge in [0.1, 0.15) is 5.82 Å². The topological polar surface area (TPSA) is 46.2 Å². The van der Waals surface area contributed by atoms with Gasteiger partial charge in [-0.3, -0.25) is 0 Å². The van der Waals surface area contributed by atoms with Crippen LogP contribution in [0.25, 0.3) is 0 Å². The van der Waals surface area contributed by atoms with Gasteiger partial charge in [0.2, 0.25) is 10.0 Å². The number of benzene rings is 1. The van der Waals surface area contributed by atoms with E-state index >= 15 is 0 Å². The Hall–Kier alpha value is -0.240. The smallest absolute Gasteiger partial charge is 0.210 e. The summed E-state index contributed by atoms with van der Waals surface area (Å²) in [4.78, 5) is 0.0775. The Bertz CT molecular complexity index is 433. The zero-order valence-corrected chi connectivity index (χ0v) is 11.5. The van der Waals surface area contributed by atoms with Crippen LogP contribution in [0.2, 0.25) is 0 Å². The molecule has 0 aromatic heterocycles. The van der Waals surface area contributed by atoms with Gasteiger partial charge in [0.25, 0.3) is 0 Å².